The Bertz CT molecular complexity index is 336. The summed E-state index contributed by atoms with van der Waals surface area (Å²) >= 11 is 2.04. The molecule has 0 radical (unpaired) electrons. The highest BCUT2D eigenvalue weighted by Crippen LogP contribution is 2.21. The first-order chi connectivity index (χ1) is 10.4. The SMILES string of the molecule is CNCCCCCCCCc1ccc(CCCCNC)s1. The van der Waals surface area contributed by atoms with E-state index in [0.29, 0.717) is 0 Å². The van der Waals surface area contributed by atoms with Crippen LogP contribution in [0.2, 0.25) is 0 Å². The van der Waals surface area contributed by atoms with Crippen LogP contribution in [0.4, 0.5) is 0 Å². The molecule has 3 heteroatoms. The second kappa shape index (κ2) is 13.3. The molecule has 0 saturated heterocycles. The van der Waals surface area contributed by atoms with Gasteiger partial charge in [-0.25, -0.2) is 0 Å². The van der Waals surface area contributed by atoms with Gasteiger partial charge in [0.15, 0.2) is 0 Å². The molecule has 1 aromatic heterocycles. The van der Waals surface area contributed by atoms with E-state index in [-0.39, 0.29) is 0 Å². The van der Waals surface area contributed by atoms with E-state index in [4.69, 9.17) is 0 Å². The number of hydrogen-bond donors (Lipinski definition) is 2. The molecular weight excluding hydrogens is 276 g/mol. The normalized spacial score (nSPS) is 11.1. The van der Waals surface area contributed by atoms with E-state index in [1.165, 1.54) is 70.8 Å². The molecule has 0 aliphatic carbocycles. The van der Waals surface area contributed by atoms with Crippen molar-refractivity contribution in [1.29, 1.82) is 0 Å². The molecule has 0 spiro atoms. The quantitative estimate of drug-likeness (QED) is 0.498. The van der Waals surface area contributed by atoms with Crippen molar-refractivity contribution < 1.29 is 0 Å². The molecule has 0 aliphatic heterocycles. The molecule has 2 nitrogen and oxygen atoms in total. The van der Waals surface area contributed by atoms with Crippen LogP contribution in [-0.2, 0) is 12.8 Å². The minimum Gasteiger partial charge on any atom is -0.320 e. The lowest BCUT2D eigenvalue weighted by atomic mass is 10.1. The first kappa shape index (κ1) is 18.7. The summed E-state index contributed by atoms with van der Waals surface area (Å²) in [6, 6.07) is 4.70. The van der Waals surface area contributed by atoms with Crippen molar-refractivity contribution in [2.24, 2.45) is 0 Å². The lowest BCUT2D eigenvalue weighted by molar-refractivity contribution is 0.583. The zero-order chi connectivity index (χ0) is 15.2. The van der Waals surface area contributed by atoms with E-state index in [2.05, 4.69) is 22.8 Å². The molecular formula is C18H34N2S. The number of rotatable bonds is 14. The minimum absolute atomic E-state index is 1.15. The molecule has 0 amide bonds. The molecule has 0 atom stereocenters. The molecule has 0 fully saturated rings. The zero-order valence-electron chi connectivity index (χ0n) is 14.0. The van der Waals surface area contributed by atoms with E-state index in [1.807, 2.05) is 25.4 Å². The van der Waals surface area contributed by atoms with Crippen LogP contribution < -0.4 is 10.6 Å². The number of hydrogen-bond acceptors (Lipinski definition) is 3. The monoisotopic (exact) mass is 310 g/mol. The van der Waals surface area contributed by atoms with Crippen LogP contribution in [0.15, 0.2) is 12.1 Å². The molecule has 2 N–H and O–H groups in total. The van der Waals surface area contributed by atoms with Crippen LogP contribution >= 0.6 is 11.3 Å². The van der Waals surface area contributed by atoms with Gasteiger partial charge in [0.2, 0.25) is 0 Å². The third-order valence-electron chi connectivity index (χ3n) is 3.92. The van der Waals surface area contributed by atoms with Crippen LogP contribution in [0.5, 0.6) is 0 Å². The van der Waals surface area contributed by atoms with E-state index in [1.54, 1.807) is 9.75 Å². The Morgan fingerprint density at radius 1 is 0.667 bits per heavy atom. The Kier molecular flexibility index (Phi) is 11.8. The molecule has 0 aromatic carbocycles. The highest BCUT2D eigenvalue weighted by atomic mass is 32.1. The Morgan fingerprint density at radius 3 is 1.67 bits per heavy atom. The lowest BCUT2D eigenvalue weighted by Crippen LogP contribution is -2.07. The fraction of sp³-hybridized carbons (Fsp3) is 0.778. The van der Waals surface area contributed by atoms with Crippen LogP contribution in [0.1, 0.15) is 61.1 Å². The molecule has 0 bridgehead atoms. The molecule has 1 heterocycles. The summed E-state index contributed by atoms with van der Waals surface area (Å²) in [7, 11) is 4.07. The van der Waals surface area contributed by atoms with Gasteiger partial charge in [0.05, 0.1) is 0 Å². The van der Waals surface area contributed by atoms with Crippen molar-refractivity contribution in [1.82, 2.24) is 10.6 Å². The first-order valence-corrected chi connectivity index (χ1v) is 9.55. The Morgan fingerprint density at radius 2 is 1.10 bits per heavy atom. The largest absolute Gasteiger partial charge is 0.320 e. The zero-order valence-corrected chi connectivity index (χ0v) is 14.9. The van der Waals surface area contributed by atoms with E-state index in [9.17, 15) is 0 Å². The summed E-state index contributed by atoms with van der Waals surface area (Å²) < 4.78 is 0. The van der Waals surface area contributed by atoms with Gasteiger partial charge < -0.3 is 10.6 Å². The standard InChI is InChI=1S/C18H34N2S/c1-19-15-9-6-4-3-5-7-11-17-13-14-18(21-17)12-8-10-16-20-2/h13-14,19-20H,3-12,15-16H2,1-2H3. The van der Waals surface area contributed by atoms with Gasteiger partial charge in [0, 0.05) is 9.75 Å². The molecule has 1 rings (SSSR count). The maximum absolute atomic E-state index is 3.21. The average molecular weight is 311 g/mol. The van der Waals surface area contributed by atoms with Gasteiger partial charge in [-0.2, -0.15) is 0 Å². The lowest BCUT2D eigenvalue weighted by Gasteiger charge is -2.01. The maximum atomic E-state index is 3.21. The van der Waals surface area contributed by atoms with E-state index >= 15 is 0 Å². The number of thiophene rings is 1. The van der Waals surface area contributed by atoms with Crippen molar-refractivity contribution in [3.63, 3.8) is 0 Å². The van der Waals surface area contributed by atoms with Gasteiger partial charge >= 0.3 is 0 Å². The third kappa shape index (κ3) is 10.0. The van der Waals surface area contributed by atoms with E-state index < -0.39 is 0 Å². The average Bonchev–Trinajstić information content (AvgIpc) is 2.94. The Balaban J connectivity index is 1.98. The molecule has 1 aromatic rings. The highest BCUT2D eigenvalue weighted by Gasteiger charge is 2.00. The summed E-state index contributed by atoms with van der Waals surface area (Å²) in [4.78, 5) is 3.17. The summed E-state index contributed by atoms with van der Waals surface area (Å²) in [6.07, 6.45) is 13.4. The Labute approximate surface area is 135 Å². The first-order valence-electron chi connectivity index (χ1n) is 8.73. The van der Waals surface area contributed by atoms with Gasteiger partial charge in [0.25, 0.3) is 0 Å². The Hall–Kier alpha value is -0.380. The van der Waals surface area contributed by atoms with Crippen molar-refractivity contribution in [2.75, 3.05) is 27.2 Å². The van der Waals surface area contributed by atoms with Crippen LogP contribution in [0, 0.1) is 0 Å². The summed E-state index contributed by atoms with van der Waals surface area (Å²) in [5.41, 5.74) is 0. The minimum atomic E-state index is 1.15. The molecule has 122 valence electrons. The fourth-order valence-corrected chi connectivity index (χ4v) is 3.70. The summed E-state index contributed by atoms with van der Waals surface area (Å²) in [5, 5.41) is 6.43. The van der Waals surface area contributed by atoms with Crippen molar-refractivity contribution in [3.8, 4) is 0 Å². The molecule has 0 saturated carbocycles. The highest BCUT2D eigenvalue weighted by molar-refractivity contribution is 7.11. The van der Waals surface area contributed by atoms with E-state index in [0.717, 1.165) is 6.54 Å². The van der Waals surface area contributed by atoms with Gasteiger partial charge in [0.1, 0.15) is 0 Å². The summed E-state index contributed by atoms with van der Waals surface area (Å²) in [6.45, 7) is 2.32. The van der Waals surface area contributed by atoms with Crippen LogP contribution in [0.3, 0.4) is 0 Å². The predicted molar refractivity (Wildman–Crippen MR) is 96.5 cm³/mol. The van der Waals surface area contributed by atoms with Gasteiger partial charge in [-0.1, -0.05) is 25.7 Å². The topological polar surface area (TPSA) is 24.1 Å². The second-order valence-electron chi connectivity index (χ2n) is 5.90. The van der Waals surface area contributed by atoms with Gasteiger partial charge in [-0.3, -0.25) is 0 Å². The van der Waals surface area contributed by atoms with Crippen LogP contribution in [0.25, 0.3) is 0 Å². The maximum Gasteiger partial charge on any atom is 0.00481 e. The van der Waals surface area contributed by atoms with Crippen molar-refractivity contribution >= 4 is 11.3 Å². The molecule has 0 aliphatic rings. The smallest absolute Gasteiger partial charge is 0.00481 e. The second-order valence-corrected chi connectivity index (χ2v) is 7.16. The molecule has 0 unspecified atom stereocenters. The number of aryl methyl sites for hydroxylation is 2. The predicted octanol–water partition coefficient (Wildman–Crippen LogP) is 4.39. The van der Waals surface area contributed by atoms with Gasteiger partial charge in [-0.05, 0) is 77.8 Å². The fourth-order valence-electron chi connectivity index (χ4n) is 2.60. The van der Waals surface area contributed by atoms with Crippen LogP contribution in [-0.4, -0.2) is 27.2 Å². The molecule has 21 heavy (non-hydrogen) atoms. The number of nitrogens with one attached hydrogen (secondary N) is 2. The van der Waals surface area contributed by atoms with Crippen molar-refractivity contribution in [2.45, 2.75) is 64.2 Å². The van der Waals surface area contributed by atoms with Gasteiger partial charge in [-0.15, -0.1) is 11.3 Å². The van der Waals surface area contributed by atoms with Crippen molar-refractivity contribution in [3.05, 3.63) is 21.9 Å². The summed E-state index contributed by atoms with van der Waals surface area (Å²) in [5.74, 6) is 0. The third-order valence-corrected chi connectivity index (χ3v) is 5.12. The number of unbranched alkanes of at least 4 members (excludes halogenated alkanes) is 6.